The molecule has 26 heavy (non-hydrogen) atoms. The Morgan fingerprint density at radius 2 is 2.04 bits per heavy atom. The highest BCUT2D eigenvalue weighted by Gasteiger charge is 2.34. The number of methoxy groups -OCH3 is 1. The smallest absolute Gasteiger partial charge is 0.227 e. The number of carbonyl (C=O) groups excluding carboxylic acids is 1. The molecule has 1 aromatic carbocycles. The fourth-order valence-corrected chi connectivity index (χ4v) is 3.46. The molecule has 0 saturated carbocycles. The summed E-state index contributed by atoms with van der Waals surface area (Å²) in [4.78, 5) is 25.7. The van der Waals surface area contributed by atoms with Crippen molar-refractivity contribution in [3.8, 4) is 5.75 Å². The van der Waals surface area contributed by atoms with Crippen LogP contribution in [0.5, 0.6) is 5.75 Å². The number of hydrogen-bond donors (Lipinski definition) is 1. The van der Waals surface area contributed by atoms with Gasteiger partial charge in [0.25, 0.3) is 0 Å². The highest BCUT2D eigenvalue weighted by Crippen LogP contribution is 2.29. The van der Waals surface area contributed by atoms with Gasteiger partial charge in [-0.25, -0.2) is 0 Å². The van der Waals surface area contributed by atoms with Crippen LogP contribution in [0.3, 0.4) is 0 Å². The third-order valence-electron chi connectivity index (χ3n) is 4.74. The molecule has 6 nitrogen and oxygen atoms in total. The zero-order chi connectivity index (χ0) is 18.7. The first-order valence-corrected chi connectivity index (χ1v) is 8.68. The normalized spacial score (nSPS) is 20.1. The number of benzene rings is 1. The molecule has 1 amide bonds. The third-order valence-corrected chi connectivity index (χ3v) is 4.74. The van der Waals surface area contributed by atoms with Gasteiger partial charge in [-0.2, -0.15) is 0 Å². The molecular formula is C20H24N2O4. The Balaban J connectivity index is 1.77. The van der Waals surface area contributed by atoms with Crippen LogP contribution in [-0.4, -0.2) is 37.0 Å². The molecule has 138 valence electrons. The van der Waals surface area contributed by atoms with Crippen LogP contribution in [0.2, 0.25) is 0 Å². The van der Waals surface area contributed by atoms with E-state index in [0.29, 0.717) is 18.8 Å². The number of rotatable bonds is 5. The Bertz CT molecular complexity index is 828. The first-order valence-electron chi connectivity index (χ1n) is 8.68. The maximum Gasteiger partial charge on any atom is 0.227 e. The lowest BCUT2D eigenvalue weighted by atomic mass is 9.93. The highest BCUT2D eigenvalue weighted by atomic mass is 16.5. The lowest BCUT2D eigenvalue weighted by Gasteiger charge is -2.19. The molecule has 1 aliphatic heterocycles. The summed E-state index contributed by atoms with van der Waals surface area (Å²) in [7, 11) is 1.44. The second-order valence-electron chi connectivity index (χ2n) is 6.80. The summed E-state index contributed by atoms with van der Waals surface area (Å²) in [6.45, 7) is 5.59. The fraction of sp³-hybridized carbons (Fsp3) is 0.400. The summed E-state index contributed by atoms with van der Waals surface area (Å²) in [6.07, 6.45) is 1.34. The van der Waals surface area contributed by atoms with Crippen LogP contribution >= 0.6 is 0 Å². The van der Waals surface area contributed by atoms with E-state index >= 15 is 0 Å². The summed E-state index contributed by atoms with van der Waals surface area (Å²) >= 11 is 0. The number of nitrogens with zero attached hydrogens (tertiary/aromatic N) is 1. The van der Waals surface area contributed by atoms with Crippen molar-refractivity contribution in [2.45, 2.75) is 32.4 Å². The molecule has 2 heterocycles. The minimum absolute atomic E-state index is 0.0279. The van der Waals surface area contributed by atoms with Gasteiger partial charge in [0.05, 0.1) is 13.7 Å². The van der Waals surface area contributed by atoms with E-state index in [0.717, 1.165) is 6.54 Å². The van der Waals surface area contributed by atoms with Gasteiger partial charge in [-0.3, -0.25) is 14.5 Å². The Morgan fingerprint density at radius 3 is 2.65 bits per heavy atom. The molecule has 0 unspecified atom stereocenters. The van der Waals surface area contributed by atoms with Crippen molar-refractivity contribution in [3.05, 3.63) is 63.7 Å². The molecular weight excluding hydrogens is 332 g/mol. The molecule has 0 radical (unpaired) electrons. The van der Waals surface area contributed by atoms with E-state index in [1.807, 2.05) is 0 Å². The van der Waals surface area contributed by atoms with Gasteiger partial charge in [0.2, 0.25) is 17.1 Å². The molecule has 1 saturated heterocycles. The minimum Gasteiger partial charge on any atom is -0.490 e. The van der Waals surface area contributed by atoms with E-state index in [9.17, 15) is 9.59 Å². The van der Waals surface area contributed by atoms with Crippen molar-refractivity contribution in [2.24, 2.45) is 0 Å². The largest absolute Gasteiger partial charge is 0.490 e. The van der Waals surface area contributed by atoms with Crippen molar-refractivity contribution in [1.82, 2.24) is 10.2 Å². The lowest BCUT2D eigenvalue weighted by Crippen LogP contribution is -2.38. The highest BCUT2D eigenvalue weighted by molar-refractivity contribution is 5.73. The monoisotopic (exact) mass is 356 g/mol. The molecule has 2 aromatic rings. The quantitative estimate of drug-likeness (QED) is 0.888. The van der Waals surface area contributed by atoms with Gasteiger partial charge in [0, 0.05) is 38.0 Å². The van der Waals surface area contributed by atoms with Gasteiger partial charge in [0.15, 0.2) is 0 Å². The SMILES string of the molecule is COc1coc(CN2C[C@H](NC(C)=O)[C@@H](c3ccc(C)cc3)C2)cc1=O. The van der Waals surface area contributed by atoms with Gasteiger partial charge < -0.3 is 14.5 Å². The molecule has 2 atom stereocenters. The number of hydrogen-bond acceptors (Lipinski definition) is 5. The summed E-state index contributed by atoms with van der Waals surface area (Å²) < 4.78 is 10.5. The van der Waals surface area contributed by atoms with E-state index in [-0.39, 0.29) is 29.0 Å². The van der Waals surface area contributed by atoms with E-state index in [4.69, 9.17) is 9.15 Å². The molecule has 0 spiro atoms. The van der Waals surface area contributed by atoms with Crippen molar-refractivity contribution >= 4 is 5.91 Å². The maximum atomic E-state index is 11.9. The first kappa shape index (κ1) is 18.2. The van der Waals surface area contributed by atoms with Crippen LogP contribution in [0.25, 0.3) is 0 Å². The number of nitrogens with one attached hydrogen (secondary N) is 1. The van der Waals surface area contributed by atoms with E-state index < -0.39 is 0 Å². The molecule has 1 N–H and O–H groups in total. The summed E-state index contributed by atoms with van der Waals surface area (Å²) in [5, 5.41) is 3.06. The Labute approximate surface area is 152 Å². The number of amides is 1. The molecule has 0 bridgehead atoms. The number of aryl methyl sites for hydroxylation is 1. The second kappa shape index (κ2) is 7.74. The third kappa shape index (κ3) is 4.14. The van der Waals surface area contributed by atoms with Crippen LogP contribution in [-0.2, 0) is 11.3 Å². The molecule has 3 rings (SSSR count). The van der Waals surface area contributed by atoms with Crippen LogP contribution in [0, 0.1) is 6.92 Å². The van der Waals surface area contributed by atoms with E-state index in [1.165, 1.54) is 37.5 Å². The maximum absolute atomic E-state index is 11.9. The van der Waals surface area contributed by atoms with Crippen LogP contribution < -0.4 is 15.5 Å². The lowest BCUT2D eigenvalue weighted by molar-refractivity contribution is -0.119. The first-order chi connectivity index (χ1) is 12.5. The summed E-state index contributed by atoms with van der Waals surface area (Å²) in [5.41, 5.74) is 2.22. The van der Waals surface area contributed by atoms with Crippen LogP contribution in [0.1, 0.15) is 29.7 Å². The van der Waals surface area contributed by atoms with Crippen LogP contribution in [0.4, 0.5) is 0 Å². The van der Waals surface area contributed by atoms with Crippen molar-refractivity contribution in [2.75, 3.05) is 20.2 Å². The van der Waals surface area contributed by atoms with E-state index in [1.54, 1.807) is 0 Å². The molecule has 0 aliphatic carbocycles. The fourth-order valence-electron chi connectivity index (χ4n) is 3.46. The Hall–Kier alpha value is -2.60. The van der Waals surface area contributed by atoms with Gasteiger partial charge in [-0.05, 0) is 12.5 Å². The van der Waals surface area contributed by atoms with Gasteiger partial charge in [-0.15, -0.1) is 0 Å². The van der Waals surface area contributed by atoms with E-state index in [2.05, 4.69) is 41.4 Å². The van der Waals surface area contributed by atoms with Crippen molar-refractivity contribution < 1.29 is 13.9 Å². The standard InChI is InChI=1S/C20H24N2O4/c1-13-4-6-15(7-5-13)17-10-22(11-18(17)21-14(2)23)9-16-8-19(24)20(25-3)12-26-16/h4-8,12,17-18H,9-11H2,1-3H3,(H,21,23)/t17-,18+/m1/s1. The van der Waals surface area contributed by atoms with Crippen LogP contribution in [0.15, 0.2) is 45.8 Å². The summed E-state index contributed by atoms with van der Waals surface area (Å²) in [6, 6.07) is 9.90. The zero-order valence-electron chi connectivity index (χ0n) is 15.3. The van der Waals surface area contributed by atoms with Gasteiger partial charge in [0.1, 0.15) is 12.0 Å². The predicted octanol–water partition coefficient (Wildman–Crippen LogP) is 2.06. The van der Waals surface area contributed by atoms with Crippen molar-refractivity contribution in [3.63, 3.8) is 0 Å². The number of likely N-dealkylation sites (tertiary alicyclic amines) is 1. The van der Waals surface area contributed by atoms with Gasteiger partial charge in [-0.1, -0.05) is 29.8 Å². The molecule has 1 aromatic heterocycles. The zero-order valence-corrected chi connectivity index (χ0v) is 15.3. The molecule has 6 heteroatoms. The number of carbonyl (C=O) groups is 1. The Morgan fingerprint density at radius 1 is 1.31 bits per heavy atom. The average Bonchev–Trinajstić information content (AvgIpc) is 2.97. The van der Waals surface area contributed by atoms with Gasteiger partial charge >= 0.3 is 0 Å². The molecule has 1 fully saturated rings. The number of ether oxygens (including phenoxy) is 1. The van der Waals surface area contributed by atoms with Crippen molar-refractivity contribution in [1.29, 1.82) is 0 Å². The topological polar surface area (TPSA) is 71.8 Å². The average molecular weight is 356 g/mol. The summed E-state index contributed by atoms with van der Waals surface area (Å²) in [5.74, 6) is 0.945. The Kier molecular flexibility index (Phi) is 5.42. The second-order valence-corrected chi connectivity index (χ2v) is 6.80. The predicted molar refractivity (Wildman–Crippen MR) is 98.3 cm³/mol. The molecule has 1 aliphatic rings. The minimum atomic E-state index is -0.193.